The Labute approximate surface area is 121 Å². The van der Waals surface area contributed by atoms with E-state index in [0.29, 0.717) is 13.0 Å². The smallest absolute Gasteiger partial charge is 0.224 e. The third-order valence-electron chi connectivity index (χ3n) is 2.63. The minimum absolute atomic E-state index is 0.0333. The molecule has 0 saturated heterocycles. The molecule has 1 aromatic carbocycles. The SMILES string of the molecule is COc1ccccc1CC(=O)NCc1ccc(Cl)s1. The molecule has 0 unspecified atom stereocenters. The largest absolute Gasteiger partial charge is 0.496 e. The fraction of sp³-hybridized carbons (Fsp3) is 0.214. The van der Waals surface area contributed by atoms with Crippen molar-refractivity contribution >= 4 is 28.8 Å². The van der Waals surface area contributed by atoms with Crippen LogP contribution in [-0.4, -0.2) is 13.0 Å². The Morgan fingerprint density at radius 2 is 2.11 bits per heavy atom. The fourth-order valence-electron chi connectivity index (χ4n) is 1.72. The number of carbonyl (C=O) groups excluding carboxylic acids is 1. The van der Waals surface area contributed by atoms with Crippen molar-refractivity contribution in [1.29, 1.82) is 0 Å². The average Bonchev–Trinajstić information content (AvgIpc) is 2.83. The lowest BCUT2D eigenvalue weighted by Gasteiger charge is -2.08. The first-order valence-corrected chi connectivity index (χ1v) is 7.01. The molecule has 0 spiro atoms. The Kier molecular flexibility index (Phi) is 4.82. The number of hydrogen-bond acceptors (Lipinski definition) is 3. The van der Waals surface area contributed by atoms with Gasteiger partial charge in [-0.3, -0.25) is 4.79 Å². The molecule has 0 fully saturated rings. The van der Waals surface area contributed by atoms with E-state index >= 15 is 0 Å². The van der Waals surface area contributed by atoms with Crippen LogP contribution < -0.4 is 10.1 Å². The van der Waals surface area contributed by atoms with E-state index in [9.17, 15) is 4.79 Å². The van der Waals surface area contributed by atoms with E-state index in [4.69, 9.17) is 16.3 Å². The molecule has 1 heterocycles. The number of halogens is 1. The molecule has 0 saturated carbocycles. The van der Waals surface area contributed by atoms with Crippen molar-refractivity contribution in [1.82, 2.24) is 5.32 Å². The molecule has 3 nitrogen and oxygen atoms in total. The van der Waals surface area contributed by atoms with Gasteiger partial charge in [0, 0.05) is 10.4 Å². The van der Waals surface area contributed by atoms with Crippen molar-refractivity contribution in [2.24, 2.45) is 0 Å². The quantitative estimate of drug-likeness (QED) is 0.919. The van der Waals surface area contributed by atoms with Gasteiger partial charge in [0.05, 0.1) is 24.4 Å². The molecule has 5 heteroatoms. The minimum atomic E-state index is -0.0333. The lowest BCUT2D eigenvalue weighted by atomic mass is 10.1. The van der Waals surface area contributed by atoms with E-state index in [-0.39, 0.29) is 5.91 Å². The lowest BCUT2D eigenvalue weighted by Crippen LogP contribution is -2.24. The molecule has 100 valence electrons. The maximum Gasteiger partial charge on any atom is 0.224 e. The number of hydrogen-bond donors (Lipinski definition) is 1. The molecule has 0 aliphatic carbocycles. The van der Waals surface area contributed by atoms with Crippen LogP contribution >= 0.6 is 22.9 Å². The Hall–Kier alpha value is -1.52. The van der Waals surface area contributed by atoms with Crippen molar-refractivity contribution in [3.05, 3.63) is 51.2 Å². The summed E-state index contributed by atoms with van der Waals surface area (Å²) in [5.41, 5.74) is 0.881. The third-order valence-corrected chi connectivity index (χ3v) is 3.86. The summed E-state index contributed by atoms with van der Waals surface area (Å²) >= 11 is 7.30. The van der Waals surface area contributed by atoms with Crippen LogP contribution in [0.5, 0.6) is 5.75 Å². The number of methoxy groups -OCH3 is 1. The zero-order valence-corrected chi connectivity index (χ0v) is 12.1. The normalized spacial score (nSPS) is 10.2. The van der Waals surface area contributed by atoms with Gasteiger partial charge >= 0.3 is 0 Å². The highest BCUT2D eigenvalue weighted by molar-refractivity contribution is 7.16. The van der Waals surface area contributed by atoms with Crippen LogP contribution in [0.2, 0.25) is 4.34 Å². The number of nitrogens with one attached hydrogen (secondary N) is 1. The Bertz CT molecular complexity index is 568. The Balaban J connectivity index is 1.90. The molecule has 0 aliphatic rings. The number of rotatable bonds is 5. The summed E-state index contributed by atoms with van der Waals surface area (Å²) in [5, 5.41) is 2.87. The first-order chi connectivity index (χ1) is 9.19. The van der Waals surface area contributed by atoms with E-state index < -0.39 is 0 Å². The van der Waals surface area contributed by atoms with Gasteiger partial charge in [0.1, 0.15) is 5.75 Å². The van der Waals surface area contributed by atoms with Gasteiger partial charge in [-0.15, -0.1) is 11.3 Å². The van der Waals surface area contributed by atoms with Crippen LogP contribution in [0.1, 0.15) is 10.4 Å². The Morgan fingerprint density at radius 3 is 2.79 bits per heavy atom. The van der Waals surface area contributed by atoms with Crippen molar-refractivity contribution in [2.75, 3.05) is 7.11 Å². The van der Waals surface area contributed by atoms with Gasteiger partial charge in [0.2, 0.25) is 5.91 Å². The van der Waals surface area contributed by atoms with E-state index in [0.717, 1.165) is 20.5 Å². The van der Waals surface area contributed by atoms with Crippen molar-refractivity contribution in [3.8, 4) is 5.75 Å². The van der Waals surface area contributed by atoms with E-state index in [2.05, 4.69) is 5.32 Å². The summed E-state index contributed by atoms with van der Waals surface area (Å²) in [7, 11) is 1.60. The van der Waals surface area contributed by atoms with Gasteiger partial charge in [-0.2, -0.15) is 0 Å². The average molecular weight is 296 g/mol. The van der Waals surface area contributed by atoms with E-state index in [1.54, 1.807) is 7.11 Å². The van der Waals surface area contributed by atoms with Gasteiger partial charge in [0.25, 0.3) is 0 Å². The molecule has 0 radical (unpaired) electrons. The molecular formula is C14H14ClNO2S. The summed E-state index contributed by atoms with van der Waals surface area (Å²) in [6.07, 6.45) is 0.309. The van der Waals surface area contributed by atoms with E-state index in [1.807, 2.05) is 36.4 Å². The van der Waals surface area contributed by atoms with Gasteiger partial charge in [0.15, 0.2) is 0 Å². The number of amides is 1. The topological polar surface area (TPSA) is 38.3 Å². The van der Waals surface area contributed by atoms with Crippen LogP contribution in [-0.2, 0) is 17.8 Å². The lowest BCUT2D eigenvalue weighted by molar-refractivity contribution is -0.120. The summed E-state index contributed by atoms with van der Waals surface area (Å²) in [6, 6.07) is 11.3. The van der Waals surface area contributed by atoms with E-state index in [1.165, 1.54) is 11.3 Å². The zero-order valence-electron chi connectivity index (χ0n) is 10.5. The van der Waals surface area contributed by atoms with Gasteiger partial charge in [-0.25, -0.2) is 0 Å². The maximum atomic E-state index is 11.9. The highest BCUT2D eigenvalue weighted by Crippen LogP contribution is 2.21. The van der Waals surface area contributed by atoms with Crippen LogP contribution in [0, 0.1) is 0 Å². The second-order valence-corrected chi connectivity index (χ2v) is 5.77. The van der Waals surface area contributed by atoms with Crippen LogP contribution in [0.25, 0.3) is 0 Å². The molecule has 19 heavy (non-hydrogen) atoms. The molecule has 2 rings (SSSR count). The van der Waals surface area contributed by atoms with Crippen molar-refractivity contribution in [2.45, 2.75) is 13.0 Å². The number of para-hydroxylation sites is 1. The molecule has 1 amide bonds. The first-order valence-electron chi connectivity index (χ1n) is 5.82. The predicted molar refractivity (Wildman–Crippen MR) is 77.9 cm³/mol. The summed E-state index contributed by atoms with van der Waals surface area (Å²) < 4.78 is 5.95. The molecular weight excluding hydrogens is 282 g/mol. The number of carbonyl (C=O) groups is 1. The number of ether oxygens (including phenoxy) is 1. The zero-order chi connectivity index (χ0) is 13.7. The maximum absolute atomic E-state index is 11.9. The monoisotopic (exact) mass is 295 g/mol. The molecule has 1 N–H and O–H groups in total. The highest BCUT2D eigenvalue weighted by Gasteiger charge is 2.08. The third kappa shape index (κ3) is 3.98. The van der Waals surface area contributed by atoms with Crippen molar-refractivity contribution in [3.63, 3.8) is 0 Å². The van der Waals surface area contributed by atoms with Crippen LogP contribution in [0.3, 0.4) is 0 Å². The standard InChI is InChI=1S/C14H14ClNO2S/c1-18-12-5-3-2-4-10(12)8-14(17)16-9-11-6-7-13(15)19-11/h2-7H,8-9H2,1H3,(H,16,17). The number of thiophene rings is 1. The number of benzene rings is 1. The summed E-state index contributed by atoms with van der Waals surface area (Å²) in [6.45, 7) is 0.505. The molecule has 2 aromatic rings. The van der Waals surface area contributed by atoms with Crippen LogP contribution in [0.4, 0.5) is 0 Å². The molecule has 1 aromatic heterocycles. The fourth-order valence-corrected chi connectivity index (χ4v) is 2.74. The second kappa shape index (κ2) is 6.59. The molecule has 0 aliphatic heterocycles. The van der Waals surface area contributed by atoms with Crippen molar-refractivity contribution < 1.29 is 9.53 Å². The van der Waals surface area contributed by atoms with Crippen LogP contribution in [0.15, 0.2) is 36.4 Å². The van der Waals surface area contributed by atoms with Gasteiger partial charge < -0.3 is 10.1 Å². The second-order valence-electron chi connectivity index (χ2n) is 3.97. The van der Waals surface area contributed by atoms with Gasteiger partial charge in [-0.1, -0.05) is 29.8 Å². The summed E-state index contributed by atoms with van der Waals surface area (Å²) in [5.74, 6) is 0.700. The summed E-state index contributed by atoms with van der Waals surface area (Å²) in [4.78, 5) is 12.9. The molecule has 0 atom stereocenters. The minimum Gasteiger partial charge on any atom is -0.496 e. The Morgan fingerprint density at radius 1 is 1.32 bits per heavy atom. The first kappa shape index (κ1) is 13.9. The molecule has 0 bridgehead atoms. The highest BCUT2D eigenvalue weighted by atomic mass is 35.5. The predicted octanol–water partition coefficient (Wildman–Crippen LogP) is 3.27. The van der Waals surface area contributed by atoms with Gasteiger partial charge in [-0.05, 0) is 18.2 Å².